The van der Waals surface area contributed by atoms with Crippen LogP contribution in [-0.2, 0) is 0 Å². The molecular formula is C14H20ClN. The minimum absolute atomic E-state index is 0.264. The van der Waals surface area contributed by atoms with Gasteiger partial charge in [-0.1, -0.05) is 42.8 Å². The van der Waals surface area contributed by atoms with E-state index in [0.717, 1.165) is 23.4 Å². The SMILES string of the molecule is C=C(CC)CC(NC)c1ccc(C)cc1Cl. The highest BCUT2D eigenvalue weighted by molar-refractivity contribution is 6.31. The zero-order chi connectivity index (χ0) is 12.1. The van der Waals surface area contributed by atoms with Crippen molar-refractivity contribution in [2.45, 2.75) is 32.7 Å². The summed E-state index contributed by atoms with van der Waals surface area (Å²) < 4.78 is 0. The van der Waals surface area contributed by atoms with Gasteiger partial charge >= 0.3 is 0 Å². The Labute approximate surface area is 104 Å². The highest BCUT2D eigenvalue weighted by Gasteiger charge is 2.13. The molecule has 0 aromatic heterocycles. The first-order valence-corrected chi connectivity index (χ1v) is 6.06. The minimum atomic E-state index is 0.264. The van der Waals surface area contributed by atoms with Crippen LogP contribution in [0.2, 0.25) is 5.02 Å². The summed E-state index contributed by atoms with van der Waals surface area (Å²) in [6, 6.07) is 6.47. The topological polar surface area (TPSA) is 12.0 Å². The van der Waals surface area contributed by atoms with Crippen LogP contribution in [0.25, 0.3) is 0 Å². The van der Waals surface area contributed by atoms with E-state index in [1.807, 2.05) is 13.1 Å². The van der Waals surface area contributed by atoms with E-state index in [4.69, 9.17) is 11.6 Å². The van der Waals surface area contributed by atoms with Crippen LogP contribution in [0, 0.1) is 6.92 Å². The van der Waals surface area contributed by atoms with Gasteiger partial charge in [-0.3, -0.25) is 0 Å². The maximum Gasteiger partial charge on any atom is 0.0456 e. The van der Waals surface area contributed by atoms with Crippen molar-refractivity contribution in [3.8, 4) is 0 Å². The number of nitrogens with one attached hydrogen (secondary N) is 1. The van der Waals surface area contributed by atoms with Crippen molar-refractivity contribution in [3.63, 3.8) is 0 Å². The van der Waals surface area contributed by atoms with Crippen LogP contribution in [-0.4, -0.2) is 7.05 Å². The molecular weight excluding hydrogens is 218 g/mol. The van der Waals surface area contributed by atoms with E-state index in [1.54, 1.807) is 0 Å². The molecule has 1 N–H and O–H groups in total. The van der Waals surface area contributed by atoms with E-state index in [0.29, 0.717) is 0 Å². The summed E-state index contributed by atoms with van der Waals surface area (Å²) in [5.74, 6) is 0. The van der Waals surface area contributed by atoms with Crippen molar-refractivity contribution in [1.29, 1.82) is 0 Å². The molecule has 0 aliphatic carbocycles. The standard InChI is InChI=1S/C14H20ClN/c1-5-10(2)9-14(16-4)12-7-6-11(3)8-13(12)15/h6-8,14,16H,2,5,9H2,1,3-4H3. The molecule has 0 aliphatic heterocycles. The summed E-state index contributed by atoms with van der Waals surface area (Å²) >= 11 is 6.26. The predicted molar refractivity (Wildman–Crippen MR) is 72.0 cm³/mol. The number of aryl methyl sites for hydroxylation is 1. The fraction of sp³-hybridized carbons (Fsp3) is 0.429. The lowest BCUT2D eigenvalue weighted by atomic mass is 9.98. The van der Waals surface area contributed by atoms with Crippen LogP contribution in [0.4, 0.5) is 0 Å². The van der Waals surface area contributed by atoms with E-state index in [2.05, 4.69) is 37.9 Å². The van der Waals surface area contributed by atoms with E-state index in [1.165, 1.54) is 11.1 Å². The average molecular weight is 238 g/mol. The average Bonchev–Trinajstić information content (AvgIpc) is 2.26. The highest BCUT2D eigenvalue weighted by atomic mass is 35.5. The molecule has 0 radical (unpaired) electrons. The molecule has 0 amide bonds. The third kappa shape index (κ3) is 3.36. The summed E-state index contributed by atoms with van der Waals surface area (Å²) in [5.41, 5.74) is 3.60. The number of hydrogen-bond donors (Lipinski definition) is 1. The molecule has 2 heteroatoms. The molecule has 16 heavy (non-hydrogen) atoms. The Morgan fingerprint density at radius 3 is 2.69 bits per heavy atom. The van der Waals surface area contributed by atoms with Crippen molar-refractivity contribution >= 4 is 11.6 Å². The van der Waals surface area contributed by atoms with Gasteiger partial charge in [0, 0.05) is 11.1 Å². The summed E-state index contributed by atoms with van der Waals surface area (Å²) in [6.07, 6.45) is 1.96. The molecule has 0 aliphatic rings. The van der Waals surface area contributed by atoms with Crippen LogP contribution >= 0.6 is 11.6 Å². The lowest BCUT2D eigenvalue weighted by Gasteiger charge is -2.19. The van der Waals surface area contributed by atoms with Crippen LogP contribution < -0.4 is 5.32 Å². The number of rotatable bonds is 5. The van der Waals surface area contributed by atoms with Gasteiger partial charge in [-0.15, -0.1) is 0 Å². The van der Waals surface area contributed by atoms with Crippen LogP contribution in [0.5, 0.6) is 0 Å². The largest absolute Gasteiger partial charge is 0.313 e. The molecule has 0 saturated carbocycles. The third-order valence-corrected chi connectivity index (χ3v) is 3.20. The molecule has 1 unspecified atom stereocenters. The Bertz CT molecular complexity index is 371. The Kier molecular flexibility index (Phi) is 5.04. The van der Waals surface area contributed by atoms with Crippen molar-refractivity contribution in [1.82, 2.24) is 5.32 Å². The number of benzene rings is 1. The minimum Gasteiger partial charge on any atom is -0.313 e. The van der Waals surface area contributed by atoms with Gasteiger partial charge < -0.3 is 5.32 Å². The monoisotopic (exact) mass is 237 g/mol. The van der Waals surface area contributed by atoms with Crippen LogP contribution in [0.15, 0.2) is 30.4 Å². The van der Waals surface area contributed by atoms with E-state index < -0.39 is 0 Å². The summed E-state index contributed by atoms with van der Waals surface area (Å²) in [6.45, 7) is 8.23. The van der Waals surface area contributed by atoms with E-state index in [-0.39, 0.29) is 6.04 Å². The lowest BCUT2D eigenvalue weighted by Crippen LogP contribution is -2.17. The van der Waals surface area contributed by atoms with E-state index >= 15 is 0 Å². The van der Waals surface area contributed by atoms with Gasteiger partial charge in [-0.2, -0.15) is 0 Å². The summed E-state index contributed by atoms with van der Waals surface area (Å²) in [4.78, 5) is 0. The molecule has 1 aromatic carbocycles. The van der Waals surface area contributed by atoms with Crippen molar-refractivity contribution in [2.75, 3.05) is 7.05 Å². The number of hydrogen-bond acceptors (Lipinski definition) is 1. The van der Waals surface area contributed by atoms with Gasteiger partial charge in [-0.25, -0.2) is 0 Å². The first kappa shape index (κ1) is 13.3. The van der Waals surface area contributed by atoms with Crippen molar-refractivity contribution in [2.24, 2.45) is 0 Å². The maximum atomic E-state index is 6.26. The van der Waals surface area contributed by atoms with Crippen molar-refractivity contribution in [3.05, 3.63) is 46.5 Å². The molecule has 0 spiro atoms. The molecule has 0 bridgehead atoms. The van der Waals surface area contributed by atoms with Crippen LogP contribution in [0.3, 0.4) is 0 Å². The van der Waals surface area contributed by atoms with Crippen molar-refractivity contribution < 1.29 is 0 Å². The summed E-state index contributed by atoms with van der Waals surface area (Å²) in [7, 11) is 1.96. The molecule has 1 rings (SSSR count). The smallest absolute Gasteiger partial charge is 0.0456 e. The lowest BCUT2D eigenvalue weighted by molar-refractivity contribution is 0.583. The zero-order valence-corrected chi connectivity index (χ0v) is 11.1. The van der Waals surface area contributed by atoms with Gasteiger partial charge in [0.1, 0.15) is 0 Å². The molecule has 0 saturated heterocycles. The molecule has 0 fully saturated rings. The Hall–Kier alpha value is -0.790. The second-order valence-corrected chi connectivity index (χ2v) is 4.58. The second kappa shape index (κ2) is 6.07. The summed E-state index contributed by atoms with van der Waals surface area (Å²) in [5, 5.41) is 4.13. The first-order valence-electron chi connectivity index (χ1n) is 5.68. The quantitative estimate of drug-likeness (QED) is 0.755. The highest BCUT2D eigenvalue weighted by Crippen LogP contribution is 2.28. The first-order chi connectivity index (χ1) is 7.58. The van der Waals surface area contributed by atoms with Gasteiger partial charge in [0.25, 0.3) is 0 Å². The molecule has 1 nitrogen and oxygen atoms in total. The maximum absolute atomic E-state index is 6.26. The molecule has 0 heterocycles. The fourth-order valence-electron chi connectivity index (χ4n) is 1.72. The second-order valence-electron chi connectivity index (χ2n) is 4.17. The predicted octanol–water partition coefficient (Wildman–Crippen LogP) is 4.27. The third-order valence-electron chi connectivity index (χ3n) is 2.87. The van der Waals surface area contributed by atoms with Gasteiger partial charge in [0.15, 0.2) is 0 Å². The Morgan fingerprint density at radius 1 is 1.50 bits per heavy atom. The fourth-order valence-corrected chi connectivity index (χ4v) is 2.08. The van der Waals surface area contributed by atoms with Gasteiger partial charge in [0.05, 0.1) is 0 Å². The van der Waals surface area contributed by atoms with Gasteiger partial charge in [0.2, 0.25) is 0 Å². The normalized spacial score (nSPS) is 12.5. The van der Waals surface area contributed by atoms with Crippen LogP contribution in [0.1, 0.15) is 36.9 Å². The van der Waals surface area contributed by atoms with E-state index in [9.17, 15) is 0 Å². The molecule has 1 atom stereocenters. The molecule has 88 valence electrons. The zero-order valence-electron chi connectivity index (χ0n) is 10.3. The molecule has 1 aromatic rings. The number of halogens is 1. The van der Waals surface area contributed by atoms with Gasteiger partial charge in [-0.05, 0) is 44.0 Å². The Morgan fingerprint density at radius 2 is 2.19 bits per heavy atom. The Balaban J connectivity index is 2.90.